The van der Waals surface area contributed by atoms with Gasteiger partial charge in [-0.05, 0) is 41.9 Å². The van der Waals surface area contributed by atoms with Crippen LogP contribution in [-0.2, 0) is 5.75 Å². The normalized spacial score (nSPS) is 10.9. The molecule has 0 amide bonds. The third kappa shape index (κ3) is 5.07. The van der Waals surface area contributed by atoms with Crippen molar-refractivity contribution in [2.24, 2.45) is 5.92 Å². The molecule has 0 saturated carbocycles. The maximum Gasteiger partial charge on any atom is 0.125 e. The molecule has 1 aromatic rings. The van der Waals surface area contributed by atoms with Crippen molar-refractivity contribution in [1.82, 2.24) is 0 Å². The average Bonchev–Trinajstić information content (AvgIpc) is 2.10. The Hall–Kier alpha value is -0.700. The van der Waals surface area contributed by atoms with E-state index in [0.29, 0.717) is 5.69 Å². The molecule has 2 N–H and O–H groups in total. The molecule has 0 aromatic heterocycles. The highest BCUT2D eigenvalue weighted by Gasteiger charge is 2.00. The van der Waals surface area contributed by atoms with E-state index in [2.05, 4.69) is 13.8 Å². The van der Waals surface area contributed by atoms with Crippen LogP contribution in [0.1, 0.15) is 25.8 Å². The molecule has 0 aliphatic carbocycles. The van der Waals surface area contributed by atoms with Crippen LogP contribution in [0.15, 0.2) is 18.2 Å². The van der Waals surface area contributed by atoms with Gasteiger partial charge in [0.25, 0.3) is 0 Å². The Labute approximate surface area is 95.2 Å². The molecule has 1 rings (SSSR count). The lowest BCUT2D eigenvalue weighted by Crippen LogP contribution is -1.93. The third-order valence-corrected chi connectivity index (χ3v) is 3.15. The van der Waals surface area contributed by atoms with Crippen molar-refractivity contribution in [3.63, 3.8) is 0 Å². The third-order valence-electron chi connectivity index (χ3n) is 2.09. The van der Waals surface area contributed by atoms with E-state index >= 15 is 0 Å². The maximum atomic E-state index is 13.0. The van der Waals surface area contributed by atoms with E-state index in [1.165, 1.54) is 12.5 Å². The van der Waals surface area contributed by atoms with Crippen molar-refractivity contribution < 1.29 is 4.39 Å². The van der Waals surface area contributed by atoms with Gasteiger partial charge in [0.2, 0.25) is 0 Å². The number of halogens is 1. The molecule has 0 radical (unpaired) electrons. The number of rotatable bonds is 5. The standard InChI is InChI=1S/C12H18FNS/c1-9(2)3-4-15-8-10-5-11(13)7-12(14)6-10/h5-7,9H,3-4,8,14H2,1-2H3. The summed E-state index contributed by atoms with van der Waals surface area (Å²) in [5.74, 6) is 2.45. The van der Waals surface area contributed by atoms with E-state index in [9.17, 15) is 4.39 Å². The topological polar surface area (TPSA) is 26.0 Å². The second kappa shape index (κ2) is 6.01. The number of nitrogens with two attached hydrogens (primary N) is 1. The fourth-order valence-electron chi connectivity index (χ4n) is 1.27. The van der Waals surface area contributed by atoms with Crippen molar-refractivity contribution in [2.75, 3.05) is 11.5 Å². The minimum atomic E-state index is -0.241. The van der Waals surface area contributed by atoms with Crippen molar-refractivity contribution in [2.45, 2.75) is 26.0 Å². The van der Waals surface area contributed by atoms with Crippen molar-refractivity contribution in [1.29, 1.82) is 0 Å². The van der Waals surface area contributed by atoms with Crippen molar-refractivity contribution in [3.8, 4) is 0 Å². The van der Waals surface area contributed by atoms with Gasteiger partial charge in [-0.15, -0.1) is 0 Å². The summed E-state index contributed by atoms with van der Waals surface area (Å²) >= 11 is 1.83. The SMILES string of the molecule is CC(C)CCSCc1cc(N)cc(F)c1. The number of hydrogen-bond donors (Lipinski definition) is 1. The molecular formula is C12H18FNS. The van der Waals surface area contributed by atoms with Crippen LogP contribution >= 0.6 is 11.8 Å². The van der Waals surface area contributed by atoms with Gasteiger partial charge in [-0.2, -0.15) is 11.8 Å². The minimum Gasteiger partial charge on any atom is -0.399 e. The zero-order chi connectivity index (χ0) is 11.3. The molecule has 84 valence electrons. The maximum absolute atomic E-state index is 13.0. The van der Waals surface area contributed by atoms with E-state index in [0.717, 1.165) is 23.0 Å². The monoisotopic (exact) mass is 227 g/mol. The first kappa shape index (κ1) is 12.4. The van der Waals surface area contributed by atoms with Gasteiger partial charge in [-0.1, -0.05) is 13.8 Å². The summed E-state index contributed by atoms with van der Waals surface area (Å²) < 4.78 is 13.0. The van der Waals surface area contributed by atoms with Gasteiger partial charge in [0.15, 0.2) is 0 Å². The van der Waals surface area contributed by atoms with E-state index in [4.69, 9.17) is 5.73 Å². The van der Waals surface area contributed by atoms with Crippen LogP contribution in [0, 0.1) is 11.7 Å². The van der Waals surface area contributed by atoms with E-state index in [1.54, 1.807) is 6.07 Å². The zero-order valence-electron chi connectivity index (χ0n) is 9.29. The van der Waals surface area contributed by atoms with Crippen LogP contribution in [0.25, 0.3) is 0 Å². The Morgan fingerprint density at radius 3 is 2.67 bits per heavy atom. The van der Waals surface area contributed by atoms with Gasteiger partial charge in [0, 0.05) is 11.4 Å². The van der Waals surface area contributed by atoms with Gasteiger partial charge in [-0.3, -0.25) is 0 Å². The molecule has 15 heavy (non-hydrogen) atoms. The Kier molecular flexibility index (Phi) is 4.95. The molecule has 0 bridgehead atoms. The first-order valence-electron chi connectivity index (χ1n) is 5.20. The van der Waals surface area contributed by atoms with Gasteiger partial charge in [0.1, 0.15) is 5.82 Å². The summed E-state index contributed by atoms with van der Waals surface area (Å²) in [5, 5.41) is 0. The average molecular weight is 227 g/mol. The Morgan fingerprint density at radius 2 is 2.07 bits per heavy atom. The summed E-state index contributed by atoms with van der Waals surface area (Å²) in [6.45, 7) is 4.42. The van der Waals surface area contributed by atoms with E-state index in [1.807, 2.05) is 17.8 Å². The summed E-state index contributed by atoms with van der Waals surface area (Å²) in [7, 11) is 0. The predicted octanol–water partition coefficient (Wildman–Crippen LogP) is 3.69. The molecule has 0 heterocycles. The van der Waals surface area contributed by atoms with Gasteiger partial charge >= 0.3 is 0 Å². The first-order valence-corrected chi connectivity index (χ1v) is 6.36. The largest absolute Gasteiger partial charge is 0.399 e. The minimum absolute atomic E-state index is 0.241. The fraction of sp³-hybridized carbons (Fsp3) is 0.500. The second-order valence-electron chi connectivity index (χ2n) is 4.13. The lowest BCUT2D eigenvalue weighted by atomic mass is 10.2. The Bertz CT molecular complexity index is 292. The van der Waals surface area contributed by atoms with Crippen LogP contribution in [0.3, 0.4) is 0 Å². The molecule has 0 aliphatic rings. The predicted molar refractivity (Wildman–Crippen MR) is 66.4 cm³/mol. The molecule has 0 spiro atoms. The molecular weight excluding hydrogens is 209 g/mol. The molecule has 1 aromatic carbocycles. The van der Waals surface area contributed by atoms with Gasteiger partial charge in [-0.25, -0.2) is 4.39 Å². The van der Waals surface area contributed by atoms with E-state index in [-0.39, 0.29) is 5.82 Å². The van der Waals surface area contributed by atoms with Gasteiger partial charge < -0.3 is 5.73 Å². The zero-order valence-corrected chi connectivity index (χ0v) is 10.1. The smallest absolute Gasteiger partial charge is 0.125 e. The van der Waals surface area contributed by atoms with Crippen LogP contribution in [-0.4, -0.2) is 5.75 Å². The van der Waals surface area contributed by atoms with E-state index < -0.39 is 0 Å². The van der Waals surface area contributed by atoms with Gasteiger partial charge in [0.05, 0.1) is 0 Å². The number of anilines is 1. The van der Waals surface area contributed by atoms with Crippen molar-refractivity contribution in [3.05, 3.63) is 29.6 Å². The number of benzene rings is 1. The Balaban J connectivity index is 2.37. The fourth-order valence-corrected chi connectivity index (χ4v) is 2.45. The molecule has 0 atom stereocenters. The second-order valence-corrected chi connectivity index (χ2v) is 5.23. The molecule has 3 heteroatoms. The van der Waals surface area contributed by atoms with Crippen LogP contribution in [0.4, 0.5) is 10.1 Å². The van der Waals surface area contributed by atoms with Crippen molar-refractivity contribution >= 4 is 17.4 Å². The summed E-state index contributed by atoms with van der Waals surface area (Å²) in [4.78, 5) is 0. The first-order chi connectivity index (χ1) is 7.08. The molecule has 0 aliphatic heterocycles. The van der Waals surface area contributed by atoms with Crippen LogP contribution in [0.5, 0.6) is 0 Å². The molecule has 0 unspecified atom stereocenters. The summed E-state index contributed by atoms with van der Waals surface area (Å²) in [6.07, 6.45) is 1.20. The number of thioether (sulfide) groups is 1. The lowest BCUT2D eigenvalue weighted by Gasteiger charge is -2.05. The van der Waals surface area contributed by atoms with Crippen LogP contribution < -0.4 is 5.73 Å². The number of nitrogen functional groups attached to an aromatic ring is 1. The lowest BCUT2D eigenvalue weighted by molar-refractivity contribution is 0.627. The highest BCUT2D eigenvalue weighted by atomic mass is 32.2. The highest BCUT2D eigenvalue weighted by molar-refractivity contribution is 7.98. The Morgan fingerprint density at radius 1 is 1.33 bits per heavy atom. The quantitative estimate of drug-likeness (QED) is 0.613. The summed E-state index contributed by atoms with van der Waals surface area (Å²) in [6, 6.07) is 4.74. The molecule has 1 nitrogen and oxygen atoms in total. The highest BCUT2D eigenvalue weighted by Crippen LogP contribution is 2.18. The molecule has 0 fully saturated rings. The van der Waals surface area contributed by atoms with Crippen LogP contribution in [0.2, 0.25) is 0 Å². The number of hydrogen-bond acceptors (Lipinski definition) is 2. The summed E-state index contributed by atoms with van der Waals surface area (Å²) in [5.41, 5.74) is 7.04. The molecule has 0 saturated heterocycles.